The molecule has 13 heteroatoms. The third kappa shape index (κ3) is 15.8. The quantitative estimate of drug-likeness (QED) is 0.121. The lowest BCUT2D eigenvalue weighted by Gasteiger charge is -2.32. The summed E-state index contributed by atoms with van der Waals surface area (Å²) in [5.41, 5.74) is 0. The first-order chi connectivity index (χ1) is 22.0. The van der Waals surface area contributed by atoms with E-state index >= 15 is 0 Å². The topological polar surface area (TPSA) is 186 Å². The molecule has 0 aliphatic carbocycles. The van der Waals surface area contributed by atoms with Crippen molar-refractivity contribution in [3.63, 3.8) is 0 Å². The van der Waals surface area contributed by atoms with E-state index in [0.717, 1.165) is 0 Å². The molecule has 6 atom stereocenters. The van der Waals surface area contributed by atoms with Gasteiger partial charge in [0.15, 0.2) is 0 Å². The summed E-state index contributed by atoms with van der Waals surface area (Å²) >= 11 is 0. The van der Waals surface area contributed by atoms with E-state index in [1.165, 1.54) is 6.92 Å². The van der Waals surface area contributed by atoms with E-state index < -0.39 is 53.9 Å². The highest BCUT2D eigenvalue weighted by atomic mass is 16.3. The van der Waals surface area contributed by atoms with Crippen molar-refractivity contribution >= 4 is 35.4 Å². The zero-order chi connectivity index (χ0) is 35.8. The minimum Gasteiger partial charge on any atom is -0.390 e. The number of rotatable bonds is 19. The Labute approximate surface area is 288 Å². The molecule has 0 aromatic rings. The van der Waals surface area contributed by atoms with Gasteiger partial charge in [-0.25, -0.2) is 0 Å². The molecule has 1 saturated heterocycles. The monoisotopic (exact) mass is 682 g/mol. The number of carbonyl (C=O) groups is 6. The summed E-state index contributed by atoms with van der Waals surface area (Å²) in [6, 6.07) is -3.35. The normalized spacial score (nSPS) is 17.8. The van der Waals surface area contributed by atoms with Crippen LogP contribution in [-0.2, 0) is 28.8 Å². The van der Waals surface area contributed by atoms with Gasteiger partial charge in [-0.3, -0.25) is 28.8 Å². The largest absolute Gasteiger partial charge is 0.390 e. The van der Waals surface area contributed by atoms with Gasteiger partial charge in [0, 0.05) is 26.6 Å². The molecular formula is C35H66N6O7. The van der Waals surface area contributed by atoms with Crippen molar-refractivity contribution in [2.45, 2.75) is 145 Å². The molecule has 1 rings (SSSR count). The van der Waals surface area contributed by atoms with Gasteiger partial charge in [-0.05, 0) is 56.8 Å². The highest BCUT2D eigenvalue weighted by Crippen LogP contribution is 2.18. The highest BCUT2D eigenvalue weighted by molar-refractivity contribution is 5.93. The van der Waals surface area contributed by atoms with Crippen LogP contribution < -0.4 is 26.6 Å². The number of nitrogens with zero attached hydrogens (tertiary/aromatic N) is 1. The van der Waals surface area contributed by atoms with Crippen LogP contribution in [0.1, 0.15) is 115 Å². The van der Waals surface area contributed by atoms with Crippen LogP contribution in [0.3, 0.4) is 0 Å². The second-order valence-corrected chi connectivity index (χ2v) is 14.0. The van der Waals surface area contributed by atoms with E-state index in [4.69, 9.17) is 0 Å². The number of carbonyl (C=O) groups excluding carboxylic acids is 6. The van der Waals surface area contributed by atoms with Crippen LogP contribution in [0.4, 0.5) is 0 Å². The first-order valence-electron chi connectivity index (χ1n) is 17.4. The fourth-order valence-electron chi connectivity index (χ4n) is 5.79. The van der Waals surface area contributed by atoms with Gasteiger partial charge in [0.25, 0.3) is 0 Å². The first-order valence-corrected chi connectivity index (χ1v) is 17.4. The van der Waals surface area contributed by atoms with Gasteiger partial charge in [-0.15, -0.1) is 0 Å². The molecule has 0 aromatic carbocycles. The second-order valence-electron chi connectivity index (χ2n) is 14.0. The van der Waals surface area contributed by atoms with Crippen LogP contribution in [-0.4, -0.2) is 95.4 Å². The van der Waals surface area contributed by atoms with Crippen LogP contribution in [0.2, 0.25) is 0 Å². The maximum Gasteiger partial charge on any atom is 0.243 e. The lowest BCUT2D eigenvalue weighted by atomic mass is 9.95. The molecule has 0 saturated carbocycles. The minimum atomic E-state index is -1.24. The van der Waals surface area contributed by atoms with Gasteiger partial charge in [0.2, 0.25) is 35.4 Å². The van der Waals surface area contributed by atoms with Crippen molar-refractivity contribution in [1.82, 2.24) is 31.5 Å². The Morgan fingerprint density at radius 2 is 1.42 bits per heavy atom. The van der Waals surface area contributed by atoms with Crippen molar-refractivity contribution in [2.24, 2.45) is 23.7 Å². The van der Waals surface area contributed by atoms with Gasteiger partial charge >= 0.3 is 0 Å². The summed E-state index contributed by atoms with van der Waals surface area (Å²) < 4.78 is 0. The smallest absolute Gasteiger partial charge is 0.243 e. The predicted molar refractivity (Wildman–Crippen MR) is 187 cm³/mol. The number of hydrogen-bond donors (Lipinski definition) is 6. The Morgan fingerprint density at radius 3 is 1.94 bits per heavy atom. The number of hydrogen-bond acceptors (Lipinski definition) is 7. The second kappa shape index (κ2) is 22.4. The van der Waals surface area contributed by atoms with Crippen LogP contribution >= 0.6 is 0 Å². The summed E-state index contributed by atoms with van der Waals surface area (Å²) in [4.78, 5) is 79.2. The fraction of sp³-hybridized carbons (Fsp3) is 0.829. The molecular weight excluding hydrogens is 616 g/mol. The van der Waals surface area contributed by atoms with Crippen molar-refractivity contribution in [1.29, 1.82) is 0 Å². The number of likely N-dealkylation sites (tertiary alicyclic amines) is 1. The lowest BCUT2D eigenvalue weighted by Crippen LogP contribution is -2.57. The zero-order valence-corrected chi connectivity index (χ0v) is 30.1. The number of likely N-dealkylation sites (N-methyl/N-ethyl adjacent to an activating group) is 1. The molecule has 0 bridgehead atoms. The average molecular weight is 683 g/mol. The minimum absolute atomic E-state index is 0. The summed E-state index contributed by atoms with van der Waals surface area (Å²) in [7, 11) is 0. The first kappa shape index (κ1) is 44.8. The van der Waals surface area contributed by atoms with Gasteiger partial charge < -0.3 is 36.6 Å². The number of piperidine rings is 1. The van der Waals surface area contributed by atoms with E-state index in [2.05, 4.69) is 26.6 Å². The Hall–Kier alpha value is -3.22. The van der Waals surface area contributed by atoms with E-state index in [-0.39, 0.29) is 49.3 Å². The Bertz CT molecular complexity index is 1050. The maximum absolute atomic E-state index is 13.6. The Balaban J connectivity index is 0.0000221. The molecule has 48 heavy (non-hydrogen) atoms. The maximum atomic E-state index is 13.6. The van der Waals surface area contributed by atoms with E-state index in [1.807, 2.05) is 48.5 Å². The molecule has 1 unspecified atom stereocenters. The van der Waals surface area contributed by atoms with Crippen LogP contribution in [0.5, 0.6) is 0 Å². The van der Waals surface area contributed by atoms with E-state index in [0.29, 0.717) is 58.2 Å². The molecule has 1 aliphatic rings. The van der Waals surface area contributed by atoms with Gasteiger partial charge in [0.05, 0.1) is 24.5 Å². The van der Waals surface area contributed by atoms with Gasteiger partial charge in [0.1, 0.15) is 18.1 Å². The SMILES string of the molecule is C.CCC[C@H](NC(=O)[C@H](CC(C)C)NC(=O)C1CCCN(C(C)=O)C1)C(=O)N[C@@H](CC(C)C)[C@@H](O)CC(=O)N[C@H](C(=O)NCC)C(C)C. The molecule has 6 amide bonds. The third-order valence-corrected chi connectivity index (χ3v) is 8.32. The number of aliphatic hydroxyl groups excluding tert-OH is 1. The molecule has 1 fully saturated rings. The van der Waals surface area contributed by atoms with Crippen LogP contribution in [0, 0.1) is 23.7 Å². The lowest BCUT2D eigenvalue weighted by molar-refractivity contribution is -0.137. The van der Waals surface area contributed by atoms with E-state index in [1.54, 1.807) is 11.8 Å². The molecule has 1 aliphatic heterocycles. The highest BCUT2D eigenvalue weighted by Gasteiger charge is 2.34. The molecule has 0 radical (unpaired) electrons. The van der Waals surface area contributed by atoms with Crippen molar-refractivity contribution < 1.29 is 33.9 Å². The molecule has 0 aromatic heterocycles. The number of aliphatic hydroxyl groups is 1. The Kier molecular flexibility index (Phi) is 20.9. The molecule has 0 spiro atoms. The fourth-order valence-corrected chi connectivity index (χ4v) is 5.79. The standard InChI is InChI=1S/C34H62N6O7.CH4/c1-10-13-25(36-33(46)27(17-21(5)6)38-31(44)24-14-12-15-40(19-24)23(9)41)32(45)37-26(16-20(3)4)28(42)18-29(43)39-30(22(7)8)34(47)35-11-2;/h20-22,24-28,30,42H,10-19H2,1-9H3,(H,35,47)(H,36,46)(H,37,45)(H,38,44)(H,39,43);1H4/t24?,25-,26-,27-,28-,30-;/m0./s1. The third-order valence-electron chi connectivity index (χ3n) is 8.32. The molecule has 1 heterocycles. The van der Waals surface area contributed by atoms with E-state index in [9.17, 15) is 33.9 Å². The van der Waals surface area contributed by atoms with Crippen molar-refractivity contribution in [3.05, 3.63) is 0 Å². The molecule has 6 N–H and O–H groups in total. The Morgan fingerprint density at radius 1 is 0.812 bits per heavy atom. The summed E-state index contributed by atoms with van der Waals surface area (Å²) in [5.74, 6) is -2.63. The molecule has 13 nitrogen and oxygen atoms in total. The van der Waals surface area contributed by atoms with Crippen LogP contribution in [0.15, 0.2) is 0 Å². The number of amides is 6. The van der Waals surface area contributed by atoms with Gasteiger partial charge in [-0.1, -0.05) is 62.3 Å². The molecule has 278 valence electrons. The number of nitrogens with one attached hydrogen (secondary N) is 5. The van der Waals surface area contributed by atoms with Crippen LogP contribution in [0.25, 0.3) is 0 Å². The summed E-state index contributed by atoms with van der Waals surface area (Å²) in [5, 5.41) is 25.1. The van der Waals surface area contributed by atoms with Crippen molar-refractivity contribution in [2.75, 3.05) is 19.6 Å². The summed E-state index contributed by atoms with van der Waals surface area (Å²) in [6.45, 7) is 17.9. The van der Waals surface area contributed by atoms with Crippen molar-refractivity contribution in [3.8, 4) is 0 Å². The van der Waals surface area contributed by atoms with Gasteiger partial charge in [-0.2, -0.15) is 0 Å². The predicted octanol–water partition coefficient (Wildman–Crippen LogP) is 2.26. The zero-order valence-electron chi connectivity index (χ0n) is 30.1. The average Bonchev–Trinajstić information content (AvgIpc) is 2.98. The summed E-state index contributed by atoms with van der Waals surface area (Å²) in [6.07, 6.45) is 1.40.